The third kappa shape index (κ3) is 5.47. The maximum absolute atomic E-state index is 14.2. The highest BCUT2D eigenvalue weighted by Crippen LogP contribution is 2.55. The molecule has 1 saturated heterocycles. The van der Waals surface area contributed by atoms with Gasteiger partial charge in [0.2, 0.25) is 5.91 Å². The van der Waals surface area contributed by atoms with Crippen molar-refractivity contribution in [2.45, 2.75) is 59.4 Å². The molecule has 7 nitrogen and oxygen atoms in total. The number of hydrogen-bond donors (Lipinski definition) is 2. The summed E-state index contributed by atoms with van der Waals surface area (Å²) in [6.07, 6.45) is 11.9. The molecule has 40 heavy (non-hydrogen) atoms. The lowest BCUT2D eigenvalue weighted by Crippen LogP contribution is -2.52. The summed E-state index contributed by atoms with van der Waals surface area (Å²) >= 11 is 0. The minimum atomic E-state index is -1.32. The molecule has 0 bridgehead atoms. The molecule has 1 aliphatic heterocycles. The summed E-state index contributed by atoms with van der Waals surface area (Å²) in [5, 5.41) is 4.33. The third-order valence-corrected chi connectivity index (χ3v) is 8.82. The Balaban J connectivity index is 1.73. The molecule has 2 heterocycles. The van der Waals surface area contributed by atoms with E-state index in [1.54, 1.807) is 6.92 Å². The van der Waals surface area contributed by atoms with Crippen LogP contribution in [0.25, 0.3) is 10.9 Å². The first-order valence-electron chi connectivity index (χ1n) is 14.1. The summed E-state index contributed by atoms with van der Waals surface area (Å²) < 4.78 is 4.80. The number of aromatic amines is 1. The van der Waals surface area contributed by atoms with Crippen molar-refractivity contribution < 1.29 is 23.9 Å². The van der Waals surface area contributed by atoms with Gasteiger partial charge in [-0.1, -0.05) is 61.9 Å². The van der Waals surface area contributed by atoms with E-state index in [4.69, 9.17) is 4.74 Å². The number of H-pyrrole nitrogens is 1. The summed E-state index contributed by atoms with van der Waals surface area (Å²) in [6.45, 7) is 7.97. The summed E-state index contributed by atoms with van der Waals surface area (Å²) in [7, 11) is 1.30. The largest absolute Gasteiger partial charge is 0.469 e. The van der Waals surface area contributed by atoms with Crippen molar-refractivity contribution in [2.75, 3.05) is 7.11 Å². The highest BCUT2D eigenvalue weighted by molar-refractivity contribution is 6.10. The van der Waals surface area contributed by atoms with Gasteiger partial charge >= 0.3 is 5.97 Å². The average molecular weight is 545 g/mol. The monoisotopic (exact) mass is 544 g/mol. The number of benzene rings is 1. The molecule has 1 fully saturated rings. The standard InChI is InChI=1S/C33H40N2O5/c1-20(15-21(2)19-36)9-8-10-25-16-22(3)23(4)31-28(17-24-18-34-27-12-7-6-11-26(24)27)35-32(39)33(25,31)29(37)13-14-30(38)40-5/h6-8,10-12,15-16,18-20,23,25,28,31,34H,9,13-14,17H2,1-5H3,(H,35,39)/b10-8+,21-15+/t20-,23-,25+,28+,31+,33-/m1/s1. The maximum Gasteiger partial charge on any atom is 0.305 e. The van der Waals surface area contributed by atoms with Crippen LogP contribution >= 0.6 is 0 Å². The van der Waals surface area contributed by atoms with Crippen LogP contribution in [0, 0.1) is 29.1 Å². The lowest BCUT2D eigenvalue weighted by Gasteiger charge is -2.44. The number of esters is 1. The van der Waals surface area contributed by atoms with Crippen molar-refractivity contribution in [1.29, 1.82) is 0 Å². The zero-order valence-electron chi connectivity index (χ0n) is 24.0. The first kappa shape index (κ1) is 29.2. The molecular formula is C33H40N2O5. The molecule has 2 aromatic rings. The van der Waals surface area contributed by atoms with E-state index in [0.29, 0.717) is 18.4 Å². The summed E-state index contributed by atoms with van der Waals surface area (Å²) in [5.41, 5.74) is 2.62. The van der Waals surface area contributed by atoms with Crippen molar-refractivity contribution in [3.8, 4) is 0 Å². The van der Waals surface area contributed by atoms with Gasteiger partial charge in [0.15, 0.2) is 0 Å². The molecule has 1 aliphatic carbocycles. The van der Waals surface area contributed by atoms with Crippen LogP contribution in [0.1, 0.15) is 52.5 Å². The molecule has 0 unspecified atom stereocenters. The Hall–Kier alpha value is -3.74. The van der Waals surface area contributed by atoms with Crippen molar-refractivity contribution in [1.82, 2.24) is 10.3 Å². The molecule has 4 rings (SSSR count). The highest BCUT2D eigenvalue weighted by Gasteiger charge is 2.65. The number of allylic oxidation sites excluding steroid dienone is 6. The third-order valence-electron chi connectivity index (χ3n) is 8.82. The lowest BCUT2D eigenvalue weighted by molar-refractivity contribution is -0.148. The number of fused-ring (bicyclic) bond motifs is 2. The fraction of sp³-hybridized carbons (Fsp3) is 0.455. The predicted molar refractivity (Wildman–Crippen MR) is 155 cm³/mol. The van der Waals surface area contributed by atoms with Gasteiger partial charge in [-0.3, -0.25) is 19.2 Å². The van der Waals surface area contributed by atoms with Crippen LogP contribution in [0.5, 0.6) is 0 Å². The molecule has 2 aliphatic rings. The smallest absolute Gasteiger partial charge is 0.305 e. The Morgan fingerprint density at radius 2 is 1.95 bits per heavy atom. The Morgan fingerprint density at radius 3 is 2.67 bits per heavy atom. The molecule has 0 spiro atoms. The van der Waals surface area contributed by atoms with Crippen LogP contribution in [0.4, 0.5) is 0 Å². The van der Waals surface area contributed by atoms with Crippen molar-refractivity contribution in [3.05, 3.63) is 71.5 Å². The molecule has 1 aromatic carbocycles. The van der Waals surface area contributed by atoms with Crippen LogP contribution in [0.2, 0.25) is 0 Å². The van der Waals surface area contributed by atoms with Gasteiger partial charge in [-0.05, 0) is 55.7 Å². The van der Waals surface area contributed by atoms with Crippen LogP contribution in [0.3, 0.4) is 0 Å². The van der Waals surface area contributed by atoms with E-state index in [2.05, 4.69) is 36.3 Å². The van der Waals surface area contributed by atoms with E-state index < -0.39 is 17.3 Å². The van der Waals surface area contributed by atoms with Gasteiger partial charge in [0, 0.05) is 41.4 Å². The summed E-state index contributed by atoms with van der Waals surface area (Å²) in [4.78, 5) is 54.6. The van der Waals surface area contributed by atoms with Crippen LogP contribution in [0.15, 0.2) is 65.9 Å². The molecule has 212 valence electrons. The zero-order chi connectivity index (χ0) is 29.0. The number of rotatable bonds is 11. The van der Waals surface area contributed by atoms with E-state index in [-0.39, 0.29) is 48.3 Å². The van der Waals surface area contributed by atoms with Gasteiger partial charge in [0.1, 0.15) is 17.5 Å². The molecule has 0 saturated carbocycles. The van der Waals surface area contributed by atoms with Crippen molar-refractivity contribution in [3.63, 3.8) is 0 Å². The number of aromatic nitrogens is 1. The Labute approximate surface area is 236 Å². The van der Waals surface area contributed by atoms with Crippen molar-refractivity contribution >= 4 is 34.8 Å². The summed E-state index contributed by atoms with van der Waals surface area (Å²) in [6, 6.07) is 7.82. The van der Waals surface area contributed by atoms with Gasteiger partial charge in [-0.2, -0.15) is 0 Å². The fourth-order valence-electron chi connectivity index (χ4n) is 6.75. The van der Waals surface area contributed by atoms with Gasteiger partial charge < -0.3 is 15.0 Å². The first-order valence-corrected chi connectivity index (χ1v) is 14.1. The molecular weight excluding hydrogens is 504 g/mol. The maximum atomic E-state index is 14.2. The minimum Gasteiger partial charge on any atom is -0.469 e. The zero-order valence-corrected chi connectivity index (χ0v) is 24.0. The number of amides is 1. The van der Waals surface area contributed by atoms with Crippen LogP contribution < -0.4 is 5.32 Å². The number of ether oxygens (including phenoxy) is 1. The quantitative estimate of drug-likeness (QED) is 0.132. The van der Waals surface area contributed by atoms with E-state index >= 15 is 0 Å². The SMILES string of the molecule is COC(=O)CCC(=O)[C@@]12C(=O)N[C@@H](Cc3c[nH]c4ccccc34)[C@@H]1[C@H](C)C(C)=C[C@@H]2/C=C/C[C@@H](C)/C=C(\C)C=O. The van der Waals surface area contributed by atoms with Crippen LogP contribution in [-0.4, -0.2) is 42.1 Å². The summed E-state index contributed by atoms with van der Waals surface area (Å²) in [5.74, 6) is -1.59. The molecule has 1 amide bonds. The predicted octanol–water partition coefficient (Wildman–Crippen LogP) is 5.27. The van der Waals surface area contributed by atoms with Gasteiger partial charge in [-0.25, -0.2) is 0 Å². The number of ketones is 1. The molecule has 6 atom stereocenters. The van der Waals surface area contributed by atoms with E-state index in [1.807, 2.05) is 49.5 Å². The van der Waals surface area contributed by atoms with Gasteiger partial charge in [0.25, 0.3) is 0 Å². The van der Waals surface area contributed by atoms with E-state index in [1.165, 1.54) is 7.11 Å². The number of methoxy groups -OCH3 is 1. The Bertz CT molecular complexity index is 1380. The van der Waals surface area contributed by atoms with Gasteiger partial charge in [0.05, 0.1) is 13.5 Å². The number of carbonyl (C=O) groups is 4. The minimum absolute atomic E-state index is 0.0158. The van der Waals surface area contributed by atoms with Crippen molar-refractivity contribution in [2.24, 2.45) is 29.1 Å². The number of Topliss-reactive ketones (excluding diaryl/α,β-unsaturated/α-hetero) is 1. The first-order chi connectivity index (χ1) is 19.1. The molecule has 1 aromatic heterocycles. The number of para-hydroxylation sites is 1. The van der Waals surface area contributed by atoms with Crippen LogP contribution in [-0.2, 0) is 30.3 Å². The Morgan fingerprint density at radius 1 is 1.20 bits per heavy atom. The topological polar surface area (TPSA) is 105 Å². The number of carbonyl (C=O) groups excluding carboxylic acids is 4. The van der Waals surface area contributed by atoms with E-state index in [9.17, 15) is 19.2 Å². The molecule has 2 N–H and O–H groups in total. The second-order valence-corrected chi connectivity index (χ2v) is 11.4. The normalized spacial score (nSPS) is 27.3. The lowest BCUT2D eigenvalue weighted by atomic mass is 9.54. The second kappa shape index (κ2) is 12.2. The second-order valence-electron chi connectivity index (χ2n) is 11.4. The number of aldehydes is 1. The molecule has 0 radical (unpaired) electrons. The fourth-order valence-corrected chi connectivity index (χ4v) is 6.75. The highest BCUT2D eigenvalue weighted by atomic mass is 16.5. The van der Waals surface area contributed by atoms with Gasteiger partial charge in [-0.15, -0.1) is 0 Å². The number of nitrogens with one attached hydrogen (secondary N) is 2. The Kier molecular flexibility index (Phi) is 8.92. The van der Waals surface area contributed by atoms with E-state index in [0.717, 1.165) is 28.3 Å². The number of hydrogen-bond acceptors (Lipinski definition) is 5. The molecule has 7 heteroatoms. The average Bonchev–Trinajstić information content (AvgIpc) is 3.48.